The summed E-state index contributed by atoms with van der Waals surface area (Å²) < 4.78 is 8.47. The summed E-state index contributed by atoms with van der Waals surface area (Å²) in [6.45, 7) is 2.49. The van der Waals surface area contributed by atoms with Gasteiger partial charge in [-0.1, -0.05) is 36.8 Å². The molecule has 2 N–H and O–H groups in total. The van der Waals surface area contributed by atoms with Crippen LogP contribution in [0.2, 0.25) is 0 Å². The number of imidazole rings is 1. The van der Waals surface area contributed by atoms with Crippen LogP contribution in [0.25, 0.3) is 11.0 Å². The van der Waals surface area contributed by atoms with Crippen molar-refractivity contribution in [1.29, 1.82) is 0 Å². The molecule has 3 aromatic rings. The number of fused-ring (bicyclic) bond motifs is 5. The maximum absolute atomic E-state index is 13.4. The number of amides is 2. The number of para-hydroxylation sites is 3. The van der Waals surface area contributed by atoms with Gasteiger partial charge in [0.1, 0.15) is 17.5 Å². The van der Waals surface area contributed by atoms with Crippen molar-refractivity contribution in [3.05, 3.63) is 59.9 Å². The second-order valence-electron chi connectivity index (χ2n) is 9.38. The standard InChI is InChI=1S/C26H30N4O3/c1-26-16-18(17-10-5-8-13-21(17)33-26)23(24(27)31)25(32)30(26)15-9-3-4-14-22-28-19-11-6-7-12-20(19)29(22)2/h5-8,10-13,18,23H,3-4,9,14-16H2,1-2H3,(H2,27,31)/t18-,23-,26+/m0/s1. The highest BCUT2D eigenvalue weighted by Gasteiger charge is 2.55. The molecule has 0 aliphatic carbocycles. The van der Waals surface area contributed by atoms with E-state index in [9.17, 15) is 9.59 Å². The quantitative estimate of drug-likeness (QED) is 0.444. The highest BCUT2D eigenvalue weighted by Crippen LogP contribution is 2.50. The fourth-order valence-corrected chi connectivity index (χ4v) is 5.53. The lowest BCUT2D eigenvalue weighted by Crippen LogP contribution is -2.64. The number of nitrogens with two attached hydrogens (primary N) is 1. The van der Waals surface area contributed by atoms with Crippen LogP contribution in [0, 0.1) is 5.92 Å². The molecule has 172 valence electrons. The minimum Gasteiger partial charge on any atom is -0.468 e. The van der Waals surface area contributed by atoms with Gasteiger partial charge in [-0.3, -0.25) is 9.59 Å². The highest BCUT2D eigenvalue weighted by molar-refractivity contribution is 6.01. The van der Waals surface area contributed by atoms with Gasteiger partial charge in [-0.05, 0) is 43.5 Å². The van der Waals surface area contributed by atoms with Crippen molar-refractivity contribution in [2.24, 2.45) is 18.7 Å². The van der Waals surface area contributed by atoms with E-state index in [0.717, 1.165) is 53.9 Å². The molecule has 2 aliphatic rings. The van der Waals surface area contributed by atoms with Crippen LogP contribution >= 0.6 is 0 Å². The number of carbonyl (C=O) groups excluding carboxylic acids is 2. The fraction of sp³-hybridized carbons (Fsp3) is 0.423. The molecule has 7 nitrogen and oxygen atoms in total. The zero-order chi connectivity index (χ0) is 23.2. The number of aryl methyl sites for hydroxylation is 2. The molecular formula is C26H30N4O3. The van der Waals surface area contributed by atoms with Crippen molar-refractivity contribution < 1.29 is 14.3 Å². The monoisotopic (exact) mass is 446 g/mol. The molecule has 3 heterocycles. The van der Waals surface area contributed by atoms with E-state index in [1.165, 1.54) is 0 Å². The summed E-state index contributed by atoms with van der Waals surface area (Å²) in [4.78, 5) is 32.1. The first-order chi connectivity index (χ1) is 15.9. The lowest BCUT2D eigenvalue weighted by molar-refractivity contribution is -0.175. The Kier molecular flexibility index (Phi) is 5.35. The molecule has 2 aliphatic heterocycles. The van der Waals surface area contributed by atoms with Crippen LogP contribution in [0.1, 0.15) is 49.9 Å². The van der Waals surface area contributed by atoms with Gasteiger partial charge < -0.3 is 19.9 Å². The van der Waals surface area contributed by atoms with E-state index >= 15 is 0 Å². The van der Waals surface area contributed by atoms with E-state index in [0.29, 0.717) is 13.0 Å². The molecule has 0 saturated carbocycles. The molecule has 1 aromatic heterocycles. The second-order valence-corrected chi connectivity index (χ2v) is 9.38. The average Bonchev–Trinajstić information content (AvgIpc) is 3.10. The molecule has 33 heavy (non-hydrogen) atoms. The van der Waals surface area contributed by atoms with E-state index in [2.05, 4.69) is 17.7 Å². The minimum absolute atomic E-state index is 0.217. The van der Waals surface area contributed by atoms with Gasteiger partial charge >= 0.3 is 0 Å². The van der Waals surface area contributed by atoms with E-state index in [4.69, 9.17) is 15.5 Å². The molecule has 7 heteroatoms. The van der Waals surface area contributed by atoms with Crippen LogP contribution < -0.4 is 10.5 Å². The fourth-order valence-electron chi connectivity index (χ4n) is 5.53. The highest BCUT2D eigenvalue weighted by atomic mass is 16.5. The van der Waals surface area contributed by atoms with Crippen molar-refractivity contribution in [1.82, 2.24) is 14.5 Å². The van der Waals surface area contributed by atoms with Gasteiger partial charge in [-0.25, -0.2) is 4.98 Å². The number of ether oxygens (including phenoxy) is 1. The summed E-state index contributed by atoms with van der Waals surface area (Å²) in [5.41, 5.74) is 8.00. The number of rotatable bonds is 7. The van der Waals surface area contributed by atoms with Crippen LogP contribution in [0.5, 0.6) is 5.75 Å². The van der Waals surface area contributed by atoms with Crippen LogP contribution in [0.15, 0.2) is 48.5 Å². The van der Waals surface area contributed by atoms with Crippen molar-refractivity contribution in [2.75, 3.05) is 6.54 Å². The number of carbonyl (C=O) groups is 2. The van der Waals surface area contributed by atoms with Gasteiger partial charge in [0.2, 0.25) is 11.8 Å². The molecule has 5 rings (SSSR count). The number of benzene rings is 2. The first-order valence-corrected chi connectivity index (χ1v) is 11.7. The Balaban J connectivity index is 1.26. The van der Waals surface area contributed by atoms with Crippen molar-refractivity contribution in [2.45, 2.75) is 50.7 Å². The number of hydrogen-bond acceptors (Lipinski definition) is 4. The van der Waals surface area contributed by atoms with Gasteiger partial charge in [-0.2, -0.15) is 0 Å². The number of unbranched alkanes of at least 4 members (excludes halogenated alkanes) is 2. The van der Waals surface area contributed by atoms with Crippen molar-refractivity contribution in [3.63, 3.8) is 0 Å². The number of piperidine rings is 1. The Morgan fingerprint density at radius 2 is 1.91 bits per heavy atom. The first kappa shape index (κ1) is 21.5. The van der Waals surface area contributed by atoms with Gasteiger partial charge in [0.25, 0.3) is 0 Å². The molecule has 0 unspecified atom stereocenters. The molecule has 2 bridgehead atoms. The second kappa shape index (κ2) is 8.21. The number of nitrogens with zero attached hydrogens (tertiary/aromatic N) is 3. The van der Waals surface area contributed by atoms with Gasteiger partial charge in [0.05, 0.1) is 11.0 Å². The Bertz CT molecular complexity index is 1220. The van der Waals surface area contributed by atoms with Crippen molar-refractivity contribution >= 4 is 22.8 Å². The zero-order valence-electron chi connectivity index (χ0n) is 19.2. The van der Waals surface area contributed by atoms with E-state index in [-0.39, 0.29) is 11.8 Å². The Labute approximate surface area is 193 Å². The number of hydrogen-bond donors (Lipinski definition) is 1. The molecule has 3 atom stereocenters. The molecule has 1 fully saturated rings. The summed E-state index contributed by atoms with van der Waals surface area (Å²) >= 11 is 0. The Morgan fingerprint density at radius 1 is 1.15 bits per heavy atom. The molecule has 0 radical (unpaired) electrons. The summed E-state index contributed by atoms with van der Waals surface area (Å²) in [6, 6.07) is 15.8. The maximum Gasteiger partial charge on any atom is 0.238 e. The topological polar surface area (TPSA) is 90.5 Å². The number of aromatic nitrogens is 2. The molecule has 1 saturated heterocycles. The van der Waals surface area contributed by atoms with Crippen LogP contribution in [-0.2, 0) is 23.1 Å². The zero-order valence-corrected chi connectivity index (χ0v) is 19.2. The predicted octanol–water partition coefficient (Wildman–Crippen LogP) is 3.51. The Morgan fingerprint density at radius 3 is 2.70 bits per heavy atom. The van der Waals surface area contributed by atoms with E-state index in [1.807, 2.05) is 49.4 Å². The predicted molar refractivity (Wildman–Crippen MR) is 125 cm³/mol. The number of primary amides is 1. The van der Waals surface area contributed by atoms with Gasteiger partial charge in [0, 0.05) is 32.4 Å². The summed E-state index contributed by atoms with van der Waals surface area (Å²) in [5, 5.41) is 0. The largest absolute Gasteiger partial charge is 0.468 e. The number of likely N-dealkylation sites (tertiary alicyclic amines) is 1. The third-order valence-electron chi connectivity index (χ3n) is 7.22. The maximum atomic E-state index is 13.4. The summed E-state index contributed by atoms with van der Waals surface area (Å²) in [7, 11) is 2.05. The first-order valence-electron chi connectivity index (χ1n) is 11.7. The molecule has 0 spiro atoms. The van der Waals surface area contributed by atoms with E-state index in [1.54, 1.807) is 4.90 Å². The Hall–Kier alpha value is -3.35. The van der Waals surface area contributed by atoms with Crippen LogP contribution in [0.4, 0.5) is 0 Å². The van der Waals surface area contributed by atoms with Gasteiger partial charge in [0.15, 0.2) is 5.72 Å². The third kappa shape index (κ3) is 3.65. The smallest absolute Gasteiger partial charge is 0.238 e. The normalized spacial score (nSPS) is 23.9. The lowest BCUT2D eigenvalue weighted by atomic mass is 9.73. The summed E-state index contributed by atoms with van der Waals surface area (Å²) in [6.07, 6.45) is 4.20. The lowest BCUT2D eigenvalue weighted by Gasteiger charge is -2.52. The van der Waals surface area contributed by atoms with Crippen molar-refractivity contribution in [3.8, 4) is 5.75 Å². The minimum atomic E-state index is -0.844. The SMILES string of the molecule is Cn1c(CCCCCN2C(=O)[C@H](C(N)=O)[C@H]3C[C@@]2(C)Oc2ccccc23)nc2ccccc21. The van der Waals surface area contributed by atoms with Crippen LogP contribution in [-0.4, -0.2) is 38.5 Å². The molecule has 2 aromatic carbocycles. The third-order valence-corrected chi connectivity index (χ3v) is 7.22. The van der Waals surface area contributed by atoms with E-state index < -0.39 is 17.6 Å². The molecular weight excluding hydrogens is 416 g/mol. The average molecular weight is 447 g/mol. The van der Waals surface area contributed by atoms with Crippen LogP contribution in [0.3, 0.4) is 0 Å². The van der Waals surface area contributed by atoms with Gasteiger partial charge in [-0.15, -0.1) is 0 Å². The summed E-state index contributed by atoms with van der Waals surface area (Å²) in [5.74, 6) is -0.0495. The molecule has 2 amide bonds.